The Morgan fingerprint density at radius 1 is 0.431 bits per heavy atom. The average molecular weight is 673 g/mol. The lowest BCUT2D eigenvalue weighted by molar-refractivity contribution is 0.408. The smallest absolute Gasteiger partial charge is 0.179 e. The molecule has 0 saturated carbocycles. The highest BCUT2D eigenvalue weighted by atomic mass is 28.3. The van der Waals surface area contributed by atoms with E-state index < -0.39 is 8.07 Å². The van der Waals surface area contributed by atoms with Crippen molar-refractivity contribution in [3.8, 4) is 0 Å². The van der Waals surface area contributed by atoms with Gasteiger partial charge in [-0.3, -0.25) is 0 Å². The monoisotopic (exact) mass is 672 g/mol. The number of hydrazine groups is 2. The number of benzene rings is 6. The number of hydrogen-bond donors (Lipinski definition) is 0. The third-order valence-electron chi connectivity index (χ3n) is 10.8. The van der Waals surface area contributed by atoms with Gasteiger partial charge in [-0.25, -0.2) is 10.0 Å². The summed E-state index contributed by atoms with van der Waals surface area (Å²) >= 11 is 0. The standard InChI is InChI=1S/C46H36N4Si/c1-4-16-37(17-5-1)51(38-18-6-2-7-19-38,39-20-8-3-9-21-39)40-29-26-35(27-30-40)49-43-23-11-10-22-41(43)42-34-36(28-31-44(42)49)50-46-25-13-12-24-45(46)47-32-14-15-33-48(47)50/h1-34,41,43H. The Kier molecular flexibility index (Phi) is 6.93. The summed E-state index contributed by atoms with van der Waals surface area (Å²) < 4.78 is 0. The fourth-order valence-corrected chi connectivity index (χ4v) is 13.4. The second kappa shape index (κ2) is 11.9. The van der Waals surface area contributed by atoms with Crippen LogP contribution in [0.3, 0.4) is 0 Å². The van der Waals surface area contributed by atoms with Crippen LogP contribution >= 0.6 is 0 Å². The normalized spacial score (nSPS) is 18.1. The maximum atomic E-state index is 2.54. The van der Waals surface area contributed by atoms with Gasteiger partial charge in [0, 0.05) is 29.7 Å². The van der Waals surface area contributed by atoms with E-state index in [9.17, 15) is 0 Å². The predicted molar refractivity (Wildman–Crippen MR) is 215 cm³/mol. The molecule has 51 heavy (non-hydrogen) atoms. The van der Waals surface area contributed by atoms with Gasteiger partial charge in [0.05, 0.1) is 23.1 Å². The van der Waals surface area contributed by atoms with E-state index in [2.05, 4.69) is 227 Å². The summed E-state index contributed by atoms with van der Waals surface area (Å²) in [6, 6.07) is 58.8. The number of para-hydroxylation sites is 2. The third kappa shape index (κ3) is 4.52. The molecule has 5 heteroatoms. The van der Waals surface area contributed by atoms with Crippen LogP contribution in [-0.2, 0) is 0 Å². The van der Waals surface area contributed by atoms with E-state index in [0.29, 0.717) is 0 Å². The predicted octanol–water partition coefficient (Wildman–Crippen LogP) is 7.93. The third-order valence-corrected chi connectivity index (χ3v) is 15.6. The van der Waals surface area contributed by atoms with E-state index in [1.54, 1.807) is 0 Å². The largest absolute Gasteiger partial charge is 0.333 e. The van der Waals surface area contributed by atoms with Crippen molar-refractivity contribution in [1.82, 2.24) is 5.12 Å². The fourth-order valence-electron chi connectivity index (χ4n) is 8.65. The van der Waals surface area contributed by atoms with Gasteiger partial charge >= 0.3 is 0 Å². The maximum Gasteiger partial charge on any atom is 0.179 e. The molecule has 1 aliphatic carbocycles. The topological polar surface area (TPSA) is 13.0 Å². The number of allylic oxidation sites excluding steroid dienone is 4. The Labute approximate surface area is 300 Å². The number of rotatable bonds is 6. The van der Waals surface area contributed by atoms with Crippen LogP contribution in [0.4, 0.5) is 28.4 Å². The van der Waals surface area contributed by atoms with Gasteiger partial charge in [-0.2, -0.15) is 5.12 Å². The van der Waals surface area contributed by atoms with Crippen LogP contribution in [0.1, 0.15) is 11.5 Å². The Balaban J connectivity index is 1.09. The van der Waals surface area contributed by atoms with Gasteiger partial charge < -0.3 is 4.90 Å². The SMILES string of the molecule is C1=CC2c3cc(N4c5ccccc5N5C=CC=CN54)ccc3N(c3ccc([Si](c4ccccc4)(c4ccccc4)c4ccccc4)cc3)C2C=C1. The molecule has 0 N–H and O–H groups in total. The van der Waals surface area contributed by atoms with Gasteiger partial charge in [0.25, 0.3) is 0 Å². The first-order chi connectivity index (χ1) is 25.3. The zero-order valence-electron chi connectivity index (χ0n) is 28.1. The number of hydrogen-bond acceptors (Lipinski definition) is 4. The van der Waals surface area contributed by atoms with Gasteiger partial charge in [-0.15, -0.1) is 0 Å². The second-order valence-corrected chi connectivity index (χ2v) is 17.3. The van der Waals surface area contributed by atoms with Crippen molar-refractivity contribution in [2.75, 3.05) is 14.9 Å². The number of nitrogens with zero attached hydrogens (tertiary/aromatic N) is 4. The summed E-state index contributed by atoms with van der Waals surface area (Å²) in [6.07, 6.45) is 17.5. The second-order valence-electron chi connectivity index (χ2n) is 13.4. The summed E-state index contributed by atoms with van der Waals surface area (Å²) in [6.45, 7) is 0. The lowest BCUT2D eigenvalue weighted by Crippen LogP contribution is -2.74. The van der Waals surface area contributed by atoms with Gasteiger partial charge in [0.1, 0.15) is 0 Å². The summed E-state index contributed by atoms with van der Waals surface area (Å²) in [4.78, 5) is 2.54. The van der Waals surface area contributed by atoms with Crippen LogP contribution in [0.15, 0.2) is 207 Å². The van der Waals surface area contributed by atoms with Gasteiger partial charge in [-0.1, -0.05) is 140 Å². The molecule has 6 aromatic rings. The summed E-state index contributed by atoms with van der Waals surface area (Å²) in [5, 5.41) is 12.2. The molecule has 3 aliphatic heterocycles. The van der Waals surface area contributed by atoms with Crippen LogP contribution in [0.25, 0.3) is 0 Å². The zero-order valence-corrected chi connectivity index (χ0v) is 29.1. The van der Waals surface area contributed by atoms with E-state index in [0.717, 1.165) is 11.4 Å². The Morgan fingerprint density at radius 3 is 1.65 bits per heavy atom. The van der Waals surface area contributed by atoms with Crippen molar-refractivity contribution in [2.24, 2.45) is 0 Å². The highest BCUT2D eigenvalue weighted by Gasteiger charge is 2.43. The number of anilines is 5. The van der Waals surface area contributed by atoms with Crippen molar-refractivity contribution < 1.29 is 0 Å². The van der Waals surface area contributed by atoms with Gasteiger partial charge in [0.15, 0.2) is 8.07 Å². The molecule has 4 aliphatic rings. The molecule has 0 aromatic heterocycles. The van der Waals surface area contributed by atoms with Gasteiger partial charge in [0.2, 0.25) is 0 Å². The van der Waals surface area contributed by atoms with Crippen molar-refractivity contribution in [1.29, 1.82) is 0 Å². The van der Waals surface area contributed by atoms with E-state index in [4.69, 9.17) is 0 Å². The molecule has 4 nitrogen and oxygen atoms in total. The molecule has 0 radical (unpaired) electrons. The first kappa shape index (κ1) is 29.6. The molecule has 0 fully saturated rings. The molecular formula is C46H36N4Si. The molecule has 0 bridgehead atoms. The Morgan fingerprint density at radius 2 is 0.980 bits per heavy atom. The van der Waals surface area contributed by atoms with Crippen LogP contribution in [0, 0.1) is 0 Å². The molecule has 10 rings (SSSR count). The Hall–Kier alpha value is -6.30. The molecule has 0 spiro atoms. The van der Waals surface area contributed by atoms with Crippen LogP contribution in [0.5, 0.6) is 0 Å². The van der Waals surface area contributed by atoms with Gasteiger partial charge in [-0.05, 0) is 80.9 Å². The quantitative estimate of drug-likeness (QED) is 0.132. The van der Waals surface area contributed by atoms with Crippen molar-refractivity contribution >= 4 is 57.3 Å². The van der Waals surface area contributed by atoms with Crippen molar-refractivity contribution in [3.63, 3.8) is 0 Å². The number of fused-ring (bicyclic) bond motifs is 6. The van der Waals surface area contributed by atoms with E-state index in [-0.39, 0.29) is 12.0 Å². The van der Waals surface area contributed by atoms with Crippen LogP contribution < -0.4 is 35.7 Å². The molecule has 6 aromatic carbocycles. The molecule has 2 atom stereocenters. The first-order valence-electron chi connectivity index (χ1n) is 17.7. The molecule has 3 heterocycles. The first-order valence-corrected chi connectivity index (χ1v) is 19.7. The fraction of sp³-hybridized carbons (Fsp3) is 0.0435. The lowest BCUT2D eigenvalue weighted by Gasteiger charge is -2.35. The van der Waals surface area contributed by atoms with Crippen LogP contribution in [-0.4, -0.2) is 19.2 Å². The molecule has 0 saturated heterocycles. The molecule has 0 amide bonds. The zero-order chi connectivity index (χ0) is 33.8. The molecule has 244 valence electrons. The minimum atomic E-state index is -2.60. The lowest BCUT2D eigenvalue weighted by atomic mass is 9.91. The van der Waals surface area contributed by atoms with Crippen LogP contribution in [0.2, 0.25) is 0 Å². The highest BCUT2D eigenvalue weighted by molar-refractivity contribution is 7.19. The van der Waals surface area contributed by atoms with E-state index >= 15 is 0 Å². The molecule has 2 unspecified atom stereocenters. The summed E-state index contributed by atoms with van der Waals surface area (Å²) in [7, 11) is -2.60. The minimum absolute atomic E-state index is 0.200. The highest BCUT2D eigenvalue weighted by Crippen LogP contribution is 2.51. The summed E-state index contributed by atoms with van der Waals surface area (Å²) in [5.41, 5.74) is 7.29. The minimum Gasteiger partial charge on any atom is -0.333 e. The van der Waals surface area contributed by atoms with E-state index in [1.807, 2.05) is 0 Å². The van der Waals surface area contributed by atoms with E-state index in [1.165, 1.54) is 43.4 Å². The maximum absolute atomic E-state index is 2.60. The molecular weight excluding hydrogens is 637 g/mol. The Bertz CT molecular complexity index is 2250. The summed E-state index contributed by atoms with van der Waals surface area (Å²) in [5.74, 6) is 0.252. The van der Waals surface area contributed by atoms with Crippen molar-refractivity contribution in [3.05, 3.63) is 212 Å². The average Bonchev–Trinajstić information content (AvgIpc) is 3.72. The van der Waals surface area contributed by atoms with Crippen molar-refractivity contribution in [2.45, 2.75) is 12.0 Å².